The first kappa shape index (κ1) is 21.2. The molecule has 0 aliphatic heterocycles. The van der Waals surface area contributed by atoms with E-state index in [1.807, 2.05) is 26.2 Å². The molecule has 30 heavy (non-hydrogen) atoms. The van der Waals surface area contributed by atoms with Crippen LogP contribution in [0.4, 0.5) is 5.69 Å². The number of hydrogen-bond acceptors (Lipinski definition) is 6. The number of phenols is 1. The molecule has 1 heterocycles. The number of rotatable bonds is 6. The molecular formula is C22H26N4O4. The average Bonchev–Trinajstić information content (AvgIpc) is 2.99. The summed E-state index contributed by atoms with van der Waals surface area (Å²) in [5, 5.41) is 23.2. The molecule has 0 atom stereocenters. The summed E-state index contributed by atoms with van der Waals surface area (Å²) >= 11 is 0. The summed E-state index contributed by atoms with van der Waals surface area (Å²) in [5.74, 6) is 0.651. The number of fused-ring (bicyclic) bond motifs is 1. The number of benzene rings is 2. The summed E-state index contributed by atoms with van der Waals surface area (Å²) in [6.07, 6.45) is 3.43. The Morgan fingerprint density at radius 1 is 1.20 bits per heavy atom. The minimum Gasteiger partial charge on any atom is -0.508 e. The molecule has 0 fully saturated rings. The van der Waals surface area contributed by atoms with Crippen molar-refractivity contribution in [3.63, 3.8) is 0 Å². The summed E-state index contributed by atoms with van der Waals surface area (Å²) in [6.45, 7) is 3.52. The van der Waals surface area contributed by atoms with Crippen molar-refractivity contribution >= 4 is 22.7 Å². The quantitative estimate of drug-likeness (QED) is 0.470. The normalized spacial score (nSPS) is 11.9. The third-order valence-electron chi connectivity index (χ3n) is 4.81. The van der Waals surface area contributed by atoms with Gasteiger partial charge in [-0.25, -0.2) is 0 Å². The molecule has 0 amide bonds. The van der Waals surface area contributed by atoms with Crippen molar-refractivity contribution in [3.8, 4) is 17.2 Å². The summed E-state index contributed by atoms with van der Waals surface area (Å²) in [5.41, 5.74) is 7.39. The maximum atomic E-state index is 12.1. The van der Waals surface area contributed by atoms with Crippen LogP contribution >= 0.6 is 0 Å². The van der Waals surface area contributed by atoms with Crippen molar-refractivity contribution in [2.45, 2.75) is 19.4 Å². The van der Waals surface area contributed by atoms with Crippen LogP contribution in [0, 0.1) is 10.1 Å². The van der Waals surface area contributed by atoms with Crippen LogP contribution in [0.1, 0.15) is 25.1 Å². The Morgan fingerprint density at radius 2 is 1.83 bits per heavy atom. The second kappa shape index (κ2) is 7.72. The maximum Gasteiger partial charge on any atom is 0.302 e. The number of nitro groups is 1. The first-order valence-corrected chi connectivity index (χ1v) is 9.39. The number of nitrogens with zero attached hydrogens (tertiary/aromatic N) is 3. The van der Waals surface area contributed by atoms with Crippen LogP contribution in [0.15, 0.2) is 42.6 Å². The molecule has 1 aromatic heterocycles. The number of phenolic OH excluding ortho intramolecular Hbond substituents is 1. The molecule has 8 heteroatoms. The largest absolute Gasteiger partial charge is 0.508 e. The van der Waals surface area contributed by atoms with Gasteiger partial charge in [0.25, 0.3) is 0 Å². The molecule has 0 aliphatic rings. The molecule has 3 aromatic rings. The van der Waals surface area contributed by atoms with Gasteiger partial charge >= 0.3 is 5.69 Å². The van der Waals surface area contributed by atoms with Gasteiger partial charge in [0.05, 0.1) is 22.9 Å². The Balaban J connectivity index is 2.55. The highest BCUT2D eigenvalue weighted by Crippen LogP contribution is 2.43. The minimum absolute atomic E-state index is 0.0136. The molecule has 0 spiro atoms. The van der Waals surface area contributed by atoms with Crippen molar-refractivity contribution in [1.82, 2.24) is 9.47 Å². The Morgan fingerprint density at radius 3 is 2.33 bits per heavy atom. The number of hydrogen-bond donors (Lipinski definition) is 2. The van der Waals surface area contributed by atoms with Crippen LogP contribution in [0.25, 0.3) is 22.7 Å². The van der Waals surface area contributed by atoms with Crippen molar-refractivity contribution in [2.24, 2.45) is 5.73 Å². The molecular weight excluding hydrogens is 384 g/mol. The van der Waals surface area contributed by atoms with E-state index in [1.165, 1.54) is 6.07 Å². The topological polar surface area (TPSA) is 107 Å². The lowest BCUT2D eigenvalue weighted by Crippen LogP contribution is -2.29. The zero-order chi connectivity index (χ0) is 22.2. The van der Waals surface area contributed by atoms with Gasteiger partial charge in [0, 0.05) is 37.1 Å². The van der Waals surface area contributed by atoms with Gasteiger partial charge in [-0.3, -0.25) is 10.1 Å². The second-order valence-electron chi connectivity index (χ2n) is 7.88. The Kier molecular flexibility index (Phi) is 5.45. The SMILES string of the molecule is COc1ccc(-n2c(C=CN(C)C)c([N+](=O)[O-])c3ccc(O)c(C(C)(C)N)c32)cc1. The van der Waals surface area contributed by atoms with E-state index in [2.05, 4.69) is 0 Å². The fourth-order valence-electron chi connectivity index (χ4n) is 3.57. The van der Waals surface area contributed by atoms with Gasteiger partial charge in [-0.2, -0.15) is 0 Å². The number of nitrogens with two attached hydrogens (primary N) is 1. The molecule has 3 N–H and O–H groups in total. The summed E-state index contributed by atoms with van der Waals surface area (Å²) in [4.78, 5) is 13.5. The third-order valence-corrected chi connectivity index (χ3v) is 4.81. The third kappa shape index (κ3) is 3.69. The zero-order valence-corrected chi connectivity index (χ0v) is 17.7. The lowest BCUT2D eigenvalue weighted by molar-refractivity contribution is -0.383. The van der Waals surface area contributed by atoms with Crippen LogP contribution in [0.3, 0.4) is 0 Å². The van der Waals surface area contributed by atoms with E-state index in [9.17, 15) is 15.2 Å². The van der Waals surface area contributed by atoms with E-state index in [4.69, 9.17) is 10.5 Å². The van der Waals surface area contributed by atoms with E-state index in [1.54, 1.807) is 60.9 Å². The van der Waals surface area contributed by atoms with E-state index < -0.39 is 10.5 Å². The fraction of sp³-hybridized carbons (Fsp3) is 0.273. The Hall–Kier alpha value is -3.52. The molecule has 0 unspecified atom stereocenters. The van der Waals surface area contributed by atoms with Crippen molar-refractivity contribution < 1.29 is 14.8 Å². The smallest absolute Gasteiger partial charge is 0.302 e. The van der Waals surface area contributed by atoms with Crippen LogP contribution < -0.4 is 10.5 Å². The molecule has 2 aromatic carbocycles. The first-order chi connectivity index (χ1) is 14.1. The summed E-state index contributed by atoms with van der Waals surface area (Å²) in [6, 6.07) is 10.2. The highest BCUT2D eigenvalue weighted by molar-refractivity contribution is 5.99. The number of aromatic hydroxyl groups is 1. The van der Waals surface area contributed by atoms with Crippen LogP contribution in [-0.2, 0) is 5.54 Å². The number of methoxy groups -OCH3 is 1. The fourth-order valence-corrected chi connectivity index (χ4v) is 3.57. The zero-order valence-electron chi connectivity index (χ0n) is 17.7. The molecule has 3 rings (SSSR count). The van der Waals surface area contributed by atoms with E-state index in [0.29, 0.717) is 33.6 Å². The monoisotopic (exact) mass is 410 g/mol. The first-order valence-electron chi connectivity index (χ1n) is 9.39. The van der Waals surface area contributed by atoms with Gasteiger partial charge in [-0.1, -0.05) is 0 Å². The average molecular weight is 410 g/mol. The van der Waals surface area contributed by atoms with Crippen LogP contribution in [0.5, 0.6) is 11.5 Å². The van der Waals surface area contributed by atoms with Gasteiger partial charge < -0.3 is 25.0 Å². The maximum absolute atomic E-state index is 12.1. The van der Waals surface area contributed by atoms with E-state index in [-0.39, 0.29) is 11.4 Å². The Labute approximate surface area is 174 Å². The molecule has 0 bridgehead atoms. The minimum atomic E-state index is -0.942. The lowest BCUT2D eigenvalue weighted by atomic mass is 9.92. The predicted molar refractivity (Wildman–Crippen MR) is 118 cm³/mol. The van der Waals surface area contributed by atoms with Crippen molar-refractivity contribution in [2.75, 3.05) is 21.2 Å². The number of aromatic nitrogens is 1. The number of ether oxygens (including phenoxy) is 1. The molecule has 8 nitrogen and oxygen atoms in total. The second-order valence-corrected chi connectivity index (χ2v) is 7.88. The molecule has 0 aliphatic carbocycles. The van der Waals surface area contributed by atoms with Gasteiger partial charge in [-0.15, -0.1) is 0 Å². The van der Waals surface area contributed by atoms with Crippen LogP contribution in [0.2, 0.25) is 0 Å². The van der Waals surface area contributed by atoms with Crippen molar-refractivity contribution in [1.29, 1.82) is 0 Å². The van der Waals surface area contributed by atoms with Gasteiger partial charge in [0.1, 0.15) is 17.2 Å². The van der Waals surface area contributed by atoms with E-state index in [0.717, 1.165) is 0 Å². The van der Waals surface area contributed by atoms with Crippen LogP contribution in [-0.4, -0.2) is 40.7 Å². The molecule has 158 valence electrons. The molecule has 0 saturated heterocycles. The molecule has 0 radical (unpaired) electrons. The standard InChI is InChI=1S/C22H26N4O4/c1-22(2,23)19-18(27)11-10-16-20(26(28)29)17(12-13-24(3)4)25(21(16)19)14-6-8-15(30-5)9-7-14/h6-13,27H,23H2,1-5H3. The molecule has 0 saturated carbocycles. The van der Waals surface area contributed by atoms with Gasteiger partial charge in [-0.05, 0) is 56.3 Å². The highest BCUT2D eigenvalue weighted by Gasteiger charge is 2.32. The Bertz CT molecular complexity index is 1120. The lowest BCUT2D eigenvalue weighted by Gasteiger charge is -2.23. The van der Waals surface area contributed by atoms with Crippen molar-refractivity contribution in [3.05, 3.63) is 64.0 Å². The van der Waals surface area contributed by atoms with Gasteiger partial charge in [0.2, 0.25) is 0 Å². The van der Waals surface area contributed by atoms with Gasteiger partial charge in [0.15, 0.2) is 0 Å². The summed E-state index contributed by atoms with van der Waals surface area (Å²) < 4.78 is 7.00. The van der Waals surface area contributed by atoms with E-state index >= 15 is 0 Å². The highest BCUT2D eigenvalue weighted by atomic mass is 16.6. The predicted octanol–water partition coefficient (Wildman–Crippen LogP) is 3.98. The summed E-state index contributed by atoms with van der Waals surface area (Å²) in [7, 11) is 5.25.